The van der Waals surface area contributed by atoms with Gasteiger partial charge in [-0.25, -0.2) is 14.6 Å². The number of anilines is 1. The number of hydrogen-bond donors (Lipinski definition) is 1. The van der Waals surface area contributed by atoms with Gasteiger partial charge in [0.05, 0.1) is 29.1 Å². The van der Waals surface area contributed by atoms with Crippen LogP contribution in [-0.2, 0) is 0 Å². The lowest BCUT2D eigenvalue weighted by molar-refractivity contribution is 0.102. The number of benzene rings is 2. The molecule has 1 amide bonds. The van der Waals surface area contributed by atoms with Gasteiger partial charge in [0.25, 0.3) is 5.91 Å². The third-order valence-electron chi connectivity index (χ3n) is 5.91. The first-order valence-electron chi connectivity index (χ1n) is 11.7. The van der Waals surface area contributed by atoms with Crippen LogP contribution in [0.2, 0.25) is 0 Å². The third-order valence-corrected chi connectivity index (χ3v) is 5.91. The number of aryl methyl sites for hydroxylation is 2. The van der Waals surface area contributed by atoms with Gasteiger partial charge in [0, 0.05) is 11.6 Å². The Labute approximate surface area is 208 Å². The normalized spacial score (nSPS) is 11.3. The van der Waals surface area contributed by atoms with E-state index >= 15 is 0 Å². The highest BCUT2D eigenvalue weighted by molar-refractivity contribution is 6.04. The lowest BCUT2D eigenvalue weighted by atomic mass is 10.1. The van der Waals surface area contributed by atoms with Gasteiger partial charge in [-0.15, -0.1) is 0 Å². The minimum atomic E-state index is -0.261. The molecule has 0 aliphatic carbocycles. The molecule has 0 aliphatic rings. The van der Waals surface area contributed by atoms with E-state index in [2.05, 4.69) is 45.4 Å². The number of carbonyl (C=O) groups excluding carboxylic acids is 1. The summed E-state index contributed by atoms with van der Waals surface area (Å²) in [7, 11) is 0. The van der Waals surface area contributed by atoms with E-state index in [1.165, 1.54) is 11.9 Å². The fourth-order valence-electron chi connectivity index (χ4n) is 4.04. The van der Waals surface area contributed by atoms with Crippen molar-refractivity contribution in [1.29, 1.82) is 0 Å². The van der Waals surface area contributed by atoms with Gasteiger partial charge in [0.1, 0.15) is 17.9 Å². The molecule has 0 saturated heterocycles. The number of rotatable bonds is 6. The number of nitrogens with zero attached hydrogens (tertiary/aromatic N) is 6. The van der Waals surface area contributed by atoms with Crippen molar-refractivity contribution in [3.63, 3.8) is 0 Å². The second-order valence-corrected chi connectivity index (χ2v) is 8.94. The van der Waals surface area contributed by atoms with E-state index in [4.69, 9.17) is 4.74 Å². The molecule has 3 heterocycles. The Morgan fingerprint density at radius 1 is 1.00 bits per heavy atom. The molecule has 9 nitrogen and oxygen atoms in total. The molecule has 0 atom stereocenters. The molecule has 1 N–H and O–H groups in total. The van der Waals surface area contributed by atoms with Gasteiger partial charge in [0.2, 0.25) is 0 Å². The first kappa shape index (κ1) is 23.2. The maximum atomic E-state index is 13.0. The molecule has 2 aromatic carbocycles. The summed E-state index contributed by atoms with van der Waals surface area (Å²) in [4.78, 5) is 22.0. The molecule has 5 rings (SSSR count). The van der Waals surface area contributed by atoms with Crippen LogP contribution in [-0.4, -0.2) is 41.5 Å². The maximum absolute atomic E-state index is 13.0. The quantitative estimate of drug-likeness (QED) is 0.368. The lowest BCUT2D eigenvalue weighted by Gasteiger charge is -2.11. The molecule has 0 spiro atoms. The SMILES string of the molecule is Cc1cc(NC(=O)c2ccc(OC(C)C)cc2)n(-c2ncnc3c2cnn3-c2cccc(C)c2C)n1. The summed E-state index contributed by atoms with van der Waals surface area (Å²) >= 11 is 0. The van der Waals surface area contributed by atoms with Gasteiger partial charge in [-0.2, -0.15) is 14.9 Å². The number of fused-ring (bicyclic) bond motifs is 1. The molecule has 0 bridgehead atoms. The summed E-state index contributed by atoms with van der Waals surface area (Å²) in [5.74, 6) is 1.48. The highest BCUT2D eigenvalue weighted by Crippen LogP contribution is 2.26. The first-order valence-corrected chi connectivity index (χ1v) is 11.7. The van der Waals surface area contributed by atoms with Gasteiger partial charge in [-0.3, -0.25) is 4.79 Å². The molecular formula is C27H27N7O2. The van der Waals surface area contributed by atoms with Crippen molar-refractivity contribution in [2.45, 2.75) is 40.7 Å². The van der Waals surface area contributed by atoms with Crippen molar-refractivity contribution in [2.24, 2.45) is 0 Å². The predicted octanol–water partition coefficient (Wildman–Crippen LogP) is 4.97. The van der Waals surface area contributed by atoms with Crippen LogP contribution in [0.25, 0.3) is 22.5 Å². The highest BCUT2D eigenvalue weighted by Gasteiger charge is 2.19. The number of aromatic nitrogens is 6. The number of ether oxygens (including phenoxy) is 1. The molecule has 36 heavy (non-hydrogen) atoms. The lowest BCUT2D eigenvalue weighted by Crippen LogP contribution is -2.16. The van der Waals surface area contributed by atoms with E-state index in [9.17, 15) is 4.79 Å². The average Bonchev–Trinajstić information content (AvgIpc) is 3.44. The largest absolute Gasteiger partial charge is 0.491 e. The molecule has 3 aromatic heterocycles. The Morgan fingerprint density at radius 3 is 2.53 bits per heavy atom. The fraction of sp³-hybridized carbons (Fsp3) is 0.222. The van der Waals surface area contributed by atoms with Crippen LogP contribution < -0.4 is 10.1 Å². The van der Waals surface area contributed by atoms with Crippen molar-refractivity contribution >= 4 is 22.8 Å². The molecule has 182 valence electrons. The maximum Gasteiger partial charge on any atom is 0.256 e. The number of hydrogen-bond acceptors (Lipinski definition) is 6. The second kappa shape index (κ2) is 9.26. The molecule has 0 aliphatic heterocycles. The predicted molar refractivity (Wildman–Crippen MR) is 138 cm³/mol. The van der Waals surface area contributed by atoms with Crippen molar-refractivity contribution < 1.29 is 9.53 Å². The van der Waals surface area contributed by atoms with Gasteiger partial charge >= 0.3 is 0 Å². The van der Waals surface area contributed by atoms with E-state index in [1.54, 1.807) is 45.9 Å². The summed E-state index contributed by atoms with van der Waals surface area (Å²) < 4.78 is 9.09. The molecule has 0 radical (unpaired) electrons. The topological polar surface area (TPSA) is 99.7 Å². The zero-order chi connectivity index (χ0) is 25.4. The number of amides is 1. The molecular weight excluding hydrogens is 454 g/mol. The van der Waals surface area contributed by atoms with Crippen molar-refractivity contribution in [2.75, 3.05) is 5.32 Å². The first-order chi connectivity index (χ1) is 17.3. The van der Waals surface area contributed by atoms with Crippen LogP contribution >= 0.6 is 0 Å². The fourth-order valence-corrected chi connectivity index (χ4v) is 4.04. The number of carbonyl (C=O) groups is 1. The summed E-state index contributed by atoms with van der Waals surface area (Å²) in [6, 6.07) is 14.9. The van der Waals surface area contributed by atoms with E-state index in [1.807, 2.05) is 32.9 Å². The molecule has 0 saturated carbocycles. The molecule has 0 fully saturated rings. The van der Waals surface area contributed by atoms with Crippen molar-refractivity contribution in [3.05, 3.63) is 83.4 Å². The van der Waals surface area contributed by atoms with Crippen LogP contribution in [0.15, 0.2) is 61.1 Å². The zero-order valence-electron chi connectivity index (χ0n) is 20.9. The van der Waals surface area contributed by atoms with Crippen LogP contribution in [0.5, 0.6) is 5.75 Å². The van der Waals surface area contributed by atoms with E-state index in [0.29, 0.717) is 34.0 Å². The Kier molecular flexibility index (Phi) is 5.97. The van der Waals surface area contributed by atoms with Crippen LogP contribution in [0.1, 0.15) is 41.0 Å². The summed E-state index contributed by atoms with van der Waals surface area (Å²) in [6.45, 7) is 9.91. The average molecular weight is 482 g/mol. The second-order valence-electron chi connectivity index (χ2n) is 8.94. The summed E-state index contributed by atoms with van der Waals surface area (Å²) in [5, 5.41) is 12.9. The van der Waals surface area contributed by atoms with Crippen LogP contribution in [0.4, 0.5) is 5.82 Å². The minimum absolute atomic E-state index is 0.0610. The third kappa shape index (κ3) is 4.31. The molecule has 9 heteroatoms. The monoisotopic (exact) mass is 481 g/mol. The summed E-state index contributed by atoms with van der Waals surface area (Å²) in [5.41, 5.74) is 5.13. The highest BCUT2D eigenvalue weighted by atomic mass is 16.5. The minimum Gasteiger partial charge on any atom is -0.491 e. The van der Waals surface area contributed by atoms with Crippen LogP contribution in [0.3, 0.4) is 0 Å². The van der Waals surface area contributed by atoms with Crippen molar-refractivity contribution in [3.8, 4) is 17.3 Å². The van der Waals surface area contributed by atoms with Crippen LogP contribution in [0, 0.1) is 20.8 Å². The smallest absolute Gasteiger partial charge is 0.256 e. The summed E-state index contributed by atoms with van der Waals surface area (Å²) in [6.07, 6.45) is 3.27. The Bertz CT molecular complexity index is 1570. The van der Waals surface area contributed by atoms with E-state index < -0.39 is 0 Å². The number of nitrogens with one attached hydrogen (secondary N) is 1. The Balaban J connectivity index is 1.50. The van der Waals surface area contributed by atoms with Gasteiger partial charge < -0.3 is 10.1 Å². The Morgan fingerprint density at radius 2 is 1.78 bits per heavy atom. The molecule has 0 unspecified atom stereocenters. The standard InChI is InChI=1S/C27H27N7O2/c1-16(2)36-21-11-9-20(10-12-21)27(35)31-24-13-18(4)32-34(24)26-22-14-30-33(25(22)28-15-29-26)23-8-6-7-17(3)19(23)5/h6-16H,1-5H3,(H,31,35). The van der Waals surface area contributed by atoms with Gasteiger partial charge in [-0.1, -0.05) is 12.1 Å². The van der Waals surface area contributed by atoms with E-state index in [0.717, 1.165) is 16.9 Å². The zero-order valence-corrected chi connectivity index (χ0v) is 20.9. The van der Waals surface area contributed by atoms with Crippen molar-refractivity contribution in [1.82, 2.24) is 29.5 Å². The Hall–Kier alpha value is -4.53. The van der Waals surface area contributed by atoms with Gasteiger partial charge in [-0.05, 0) is 76.1 Å². The van der Waals surface area contributed by atoms with E-state index in [-0.39, 0.29) is 12.0 Å². The molecule has 5 aromatic rings. The van der Waals surface area contributed by atoms with Gasteiger partial charge in [0.15, 0.2) is 11.5 Å².